The number of carbonyl (C=O) groups excluding carboxylic acids is 1. The van der Waals surface area contributed by atoms with Crippen LogP contribution in [0.15, 0.2) is 72.8 Å². The highest BCUT2D eigenvalue weighted by atomic mass is 16.5. The van der Waals surface area contributed by atoms with Gasteiger partial charge in [-0.15, -0.1) is 0 Å². The third kappa shape index (κ3) is 4.41. The number of hydrogen-bond acceptors (Lipinski definition) is 4. The summed E-state index contributed by atoms with van der Waals surface area (Å²) in [7, 11) is 4.67. The van der Waals surface area contributed by atoms with Crippen LogP contribution in [0.2, 0.25) is 0 Å². The van der Waals surface area contributed by atoms with Crippen LogP contribution in [0.1, 0.15) is 27.0 Å². The fourth-order valence-electron chi connectivity index (χ4n) is 2.87. The van der Waals surface area contributed by atoms with Gasteiger partial charge in [0.15, 0.2) is 0 Å². The highest BCUT2D eigenvalue weighted by molar-refractivity contribution is 5.93. The van der Waals surface area contributed by atoms with E-state index in [4.69, 9.17) is 14.2 Å². The van der Waals surface area contributed by atoms with Crippen molar-refractivity contribution in [2.24, 2.45) is 0 Å². The third-order valence-corrected chi connectivity index (χ3v) is 4.44. The first-order chi connectivity index (χ1) is 13.6. The Morgan fingerprint density at radius 2 is 1.07 bits per heavy atom. The van der Waals surface area contributed by atoms with Crippen molar-refractivity contribution in [1.82, 2.24) is 0 Å². The Bertz CT molecular complexity index is 953. The summed E-state index contributed by atoms with van der Waals surface area (Å²) in [5, 5.41) is 0. The smallest absolute Gasteiger partial charge is 0.337 e. The Morgan fingerprint density at radius 1 is 0.643 bits per heavy atom. The van der Waals surface area contributed by atoms with Crippen molar-refractivity contribution in [2.45, 2.75) is 0 Å². The largest absolute Gasteiger partial charge is 0.497 e. The van der Waals surface area contributed by atoms with E-state index >= 15 is 0 Å². The predicted octanol–water partition coefficient (Wildman–Crippen LogP) is 5.08. The van der Waals surface area contributed by atoms with Crippen molar-refractivity contribution in [2.75, 3.05) is 21.3 Å². The molecule has 0 heterocycles. The molecular formula is C24H22O4. The molecular weight excluding hydrogens is 352 g/mol. The van der Waals surface area contributed by atoms with Gasteiger partial charge in [-0.05, 0) is 64.7 Å². The van der Waals surface area contributed by atoms with Gasteiger partial charge in [0.05, 0.1) is 26.9 Å². The summed E-state index contributed by atoms with van der Waals surface area (Å²) < 4.78 is 15.3. The van der Waals surface area contributed by atoms with Crippen LogP contribution in [0.25, 0.3) is 11.6 Å². The van der Waals surface area contributed by atoms with Crippen molar-refractivity contribution in [3.05, 3.63) is 95.1 Å². The van der Waals surface area contributed by atoms with Gasteiger partial charge in [0.1, 0.15) is 11.5 Å². The third-order valence-electron chi connectivity index (χ3n) is 4.44. The lowest BCUT2D eigenvalue weighted by Crippen LogP contribution is -2.01. The van der Waals surface area contributed by atoms with Crippen LogP contribution in [0.5, 0.6) is 11.5 Å². The lowest BCUT2D eigenvalue weighted by molar-refractivity contribution is 0.0600. The van der Waals surface area contributed by atoms with Crippen LogP contribution in [-0.4, -0.2) is 27.3 Å². The zero-order chi connectivity index (χ0) is 19.9. The summed E-state index contributed by atoms with van der Waals surface area (Å²) in [4.78, 5) is 11.7. The van der Waals surface area contributed by atoms with Crippen molar-refractivity contribution in [1.29, 1.82) is 0 Å². The first-order valence-corrected chi connectivity index (χ1v) is 8.83. The van der Waals surface area contributed by atoms with E-state index in [-0.39, 0.29) is 5.97 Å². The second-order valence-corrected chi connectivity index (χ2v) is 6.13. The zero-order valence-electron chi connectivity index (χ0n) is 16.1. The van der Waals surface area contributed by atoms with E-state index in [2.05, 4.69) is 6.08 Å². The predicted molar refractivity (Wildman–Crippen MR) is 111 cm³/mol. The average molecular weight is 374 g/mol. The lowest BCUT2D eigenvalue weighted by Gasteiger charge is -2.11. The molecule has 0 radical (unpaired) electrons. The molecule has 0 N–H and O–H groups in total. The molecule has 4 nitrogen and oxygen atoms in total. The van der Waals surface area contributed by atoms with Crippen molar-refractivity contribution in [3.8, 4) is 11.5 Å². The number of esters is 1. The maximum atomic E-state index is 11.7. The number of methoxy groups -OCH3 is 3. The van der Waals surface area contributed by atoms with Gasteiger partial charge < -0.3 is 14.2 Å². The molecule has 0 aliphatic heterocycles. The first-order valence-electron chi connectivity index (χ1n) is 8.83. The quantitative estimate of drug-likeness (QED) is 0.446. The molecule has 3 aromatic rings. The second-order valence-electron chi connectivity index (χ2n) is 6.13. The molecule has 0 aliphatic carbocycles. The number of benzene rings is 3. The van der Waals surface area contributed by atoms with E-state index in [9.17, 15) is 4.79 Å². The fourth-order valence-corrected chi connectivity index (χ4v) is 2.87. The maximum absolute atomic E-state index is 11.7. The fraction of sp³-hybridized carbons (Fsp3) is 0.125. The number of carbonyl (C=O) groups is 1. The molecule has 0 amide bonds. The summed E-state index contributed by atoms with van der Waals surface area (Å²) in [6.45, 7) is 0. The zero-order valence-corrected chi connectivity index (χ0v) is 16.1. The van der Waals surface area contributed by atoms with Gasteiger partial charge in [-0.2, -0.15) is 0 Å². The van der Waals surface area contributed by atoms with E-state index in [1.165, 1.54) is 7.11 Å². The Balaban J connectivity index is 2.04. The second kappa shape index (κ2) is 8.91. The van der Waals surface area contributed by atoms with Gasteiger partial charge >= 0.3 is 5.97 Å². The maximum Gasteiger partial charge on any atom is 0.337 e. The minimum absolute atomic E-state index is 0.350. The number of rotatable bonds is 6. The van der Waals surface area contributed by atoms with E-state index in [1.807, 2.05) is 60.7 Å². The molecule has 0 aliphatic rings. The Kier molecular flexibility index (Phi) is 6.12. The van der Waals surface area contributed by atoms with Crippen molar-refractivity contribution >= 4 is 17.6 Å². The molecule has 0 unspecified atom stereocenters. The summed E-state index contributed by atoms with van der Waals surface area (Å²) in [6, 6.07) is 23.1. The van der Waals surface area contributed by atoms with Crippen LogP contribution >= 0.6 is 0 Å². The summed E-state index contributed by atoms with van der Waals surface area (Å²) in [5.74, 6) is 1.26. The topological polar surface area (TPSA) is 44.8 Å². The first kappa shape index (κ1) is 19.2. The molecule has 0 atom stereocenters. The van der Waals surface area contributed by atoms with Gasteiger partial charge in [0.25, 0.3) is 0 Å². The summed E-state index contributed by atoms with van der Waals surface area (Å²) >= 11 is 0. The molecule has 28 heavy (non-hydrogen) atoms. The molecule has 3 aromatic carbocycles. The van der Waals surface area contributed by atoms with Crippen LogP contribution in [0.3, 0.4) is 0 Å². The molecule has 0 aromatic heterocycles. The van der Waals surface area contributed by atoms with Gasteiger partial charge in [-0.3, -0.25) is 0 Å². The molecule has 0 fully saturated rings. The van der Waals surface area contributed by atoms with Crippen LogP contribution in [-0.2, 0) is 4.74 Å². The van der Waals surface area contributed by atoms with Gasteiger partial charge in [0, 0.05) is 0 Å². The molecule has 0 bridgehead atoms. The molecule has 3 rings (SSSR count). The van der Waals surface area contributed by atoms with Crippen LogP contribution in [0.4, 0.5) is 0 Å². The summed E-state index contributed by atoms with van der Waals surface area (Å²) in [5.41, 5.74) is 4.63. The highest BCUT2D eigenvalue weighted by Crippen LogP contribution is 2.28. The minimum Gasteiger partial charge on any atom is -0.497 e. The van der Waals surface area contributed by atoms with E-state index in [0.29, 0.717) is 5.56 Å². The molecule has 0 saturated carbocycles. The standard InChI is InChI=1S/C24H22O4/c1-26-21-12-4-17(5-13-21)16-23(19-10-14-22(27-2)15-11-19)18-6-8-20(9-7-18)24(25)28-3/h4-16H,1-3H3/b23-16-. The van der Waals surface area contributed by atoms with Crippen molar-refractivity contribution < 1.29 is 19.0 Å². The van der Waals surface area contributed by atoms with Crippen LogP contribution in [0, 0.1) is 0 Å². The molecule has 142 valence electrons. The van der Waals surface area contributed by atoms with Gasteiger partial charge in [-0.1, -0.05) is 36.4 Å². The monoisotopic (exact) mass is 374 g/mol. The minimum atomic E-state index is -0.350. The Labute approximate surface area is 165 Å². The number of ether oxygens (including phenoxy) is 3. The highest BCUT2D eigenvalue weighted by Gasteiger charge is 2.09. The average Bonchev–Trinajstić information content (AvgIpc) is 2.77. The normalized spacial score (nSPS) is 11.0. The van der Waals surface area contributed by atoms with E-state index in [0.717, 1.165) is 33.8 Å². The van der Waals surface area contributed by atoms with Gasteiger partial charge in [0.2, 0.25) is 0 Å². The molecule has 0 spiro atoms. The van der Waals surface area contributed by atoms with Crippen LogP contribution < -0.4 is 9.47 Å². The van der Waals surface area contributed by atoms with E-state index < -0.39 is 0 Å². The SMILES string of the molecule is COC(=O)c1ccc(/C(=C/c2ccc(OC)cc2)c2ccc(OC)cc2)cc1. The number of hydrogen-bond donors (Lipinski definition) is 0. The van der Waals surface area contributed by atoms with Gasteiger partial charge in [-0.25, -0.2) is 4.79 Å². The molecule has 0 saturated heterocycles. The lowest BCUT2D eigenvalue weighted by atomic mass is 9.95. The van der Waals surface area contributed by atoms with Crippen molar-refractivity contribution in [3.63, 3.8) is 0 Å². The summed E-state index contributed by atoms with van der Waals surface area (Å²) in [6.07, 6.45) is 2.11. The van der Waals surface area contributed by atoms with E-state index in [1.54, 1.807) is 26.4 Å². The Morgan fingerprint density at radius 3 is 1.54 bits per heavy atom. The molecule has 4 heteroatoms. The Hall–Kier alpha value is -3.53.